The molecule has 0 bridgehead atoms. The molecular formula is C14H12FN5O2. The van der Waals surface area contributed by atoms with Crippen molar-refractivity contribution in [1.82, 2.24) is 14.6 Å². The molecule has 8 heteroatoms. The summed E-state index contributed by atoms with van der Waals surface area (Å²) in [6.07, 6.45) is 1.80. The van der Waals surface area contributed by atoms with Crippen molar-refractivity contribution < 1.29 is 9.31 Å². The highest BCUT2D eigenvalue weighted by Crippen LogP contribution is 2.30. The van der Waals surface area contributed by atoms with Crippen LogP contribution in [0.1, 0.15) is 5.82 Å². The molecule has 0 aliphatic carbocycles. The lowest BCUT2D eigenvalue weighted by molar-refractivity contribution is -0.386. The molecule has 0 fully saturated rings. The quantitative estimate of drug-likeness (QED) is 0.546. The zero-order valence-corrected chi connectivity index (χ0v) is 11.7. The number of para-hydroxylation sites is 1. The van der Waals surface area contributed by atoms with Gasteiger partial charge in [0.05, 0.1) is 11.5 Å². The van der Waals surface area contributed by atoms with Crippen LogP contribution in [0.5, 0.6) is 0 Å². The van der Waals surface area contributed by atoms with Crippen LogP contribution in [0, 0.1) is 15.9 Å². The van der Waals surface area contributed by atoms with Crippen LogP contribution < -0.4 is 4.90 Å². The van der Waals surface area contributed by atoms with Gasteiger partial charge in [0.2, 0.25) is 5.82 Å². The van der Waals surface area contributed by atoms with Crippen LogP contribution in [-0.2, 0) is 6.54 Å². The maximum Gasteiger partial charge on any atom is 0.327 e. The first-order valence-electron chi connectivity index (χ1n) is 6.50. The van der Waals surface area contributed by atoms with E-state index >= 15 is 0 Å². The molecule has 0 spiro atoms. The summed E-state index contributed by atoms with van der Waals surface area (Å²) < 4.78 is 15.5. The Balaban J connectivity index is 1.97. The van der Waals surface area contributed by atoms with Gasteiger partial charge in [0.15, 0.2) is 11.5 Å². The highest BCUT2D eigenvalue weighted by molar-refractivity contribution is 5.63. The van der Waals surface area contributed by atoms with E-state index in [9.17, 15) is 14.5 Å². The summed E-state index contributed by atoms with van der Waals surface area (Å²) in [7, 11) is 1.64. The van der Waals surface area contributed by atoms with Crippen molar-refractivity contribution in [3.8, 4) is 0 Å². The molecule has 3 rings (SSSR count). The monoisotopic (exact) mass is 301 g/mol. The molecule has 3 aromatic rings. The van der Waals surface area contributed by atoms with Gasteiger partial charge in [0, 0.05) is 13.2 Å². The molecule has 7 nitrogen and oxygen atoms in total. The molecule has 0 unspecified atom stereocenters. The van der Waals surface area contributed by atoms with E-state index in [4.69, 9.17) is 0 Å². The Morgan fingerprint density at radius 3 is 2.86 bits per heavy atom. The first-order chi connectivity index (χ1) is 10.6. The van der Waals surface area contributed by atoms with Crippen molar-refractivity contribution >= 4 is 17.0 Å². The second kappa shape index (κ2) is 5.40. The van der Waals surface area contributed by atoms with Crippen LogP contribution in [0.25, 0.3) is 5.65 Å². The van der Waals surface area contributed by atoms with Gasteiger partial charge in [-0.15, -0.1) is 10.2 Å². The minimum atomic E-state index is -0.861. The molecular weight excluding hydrogens is 289 g/mol. The molecule has 2 heterocycles. The number of nitro benzene ring substituents is 1. The Labute approximate surface area is 124 Å². The molecule has 0 saturated carbocycles. The van der Waals surface area contributed by atoms with Crippen molar-refractivity contribution in [3.63, 3.8) is 0 Å². The predicted molar refractivity (Wildman–Crippen MR) is 78.1 cm³/mol. The largest absolute Gasteiger partial charge is 0.361 e. The molecule has 0 aliphatic heterocycles. The average Bonchev–Trinajstić information content (AvgIpc) is 2.90. The van der Waals surface area contributed by atoms with E-state index < -0.39 is 16.4 Å². The molecule has 112 valence electrons. The van der Waals surface area contributed by atoms with Crippen LogP contribution in [0.4, 0.5) is 15.8 Å². The topological polar surface area (TPSA) is 76.6 Å². The second-order valence-electron chi connectivity index (χ2n) is 4.77. The van der Waals surface area contributed by atoms with E-state index in [0.717, 1.165) is 6.07 Å². The van der Waals surface area contributed by atoms with E-state index in [0.29, 0.717) is 11.5 Å². The van der Waals surface area contributed by atoms with Crippen molar-refractivity contribution in [2.45, 2.75) is 6.54 Å². The second-order valence-corrected chi connectivity index (χ2v) is 4.77. The molecule has 0 aliphatic rings. The number of benzene rings is 1. The van der Waals surface area contributed by atoms with Gasteiger partial charge in [-0.2, -0.15) is 4.39 Å². The number of nitro groups is 1. The third-order valence-corrected chi connectivity index (χ3v) is 3.32. The fraction of sp³-hybridized carbons (Fsp3) is 0.143. The third kappa shape index (κ3) is 2.34. The Morgan fingerprint density at radius 1 is 1.27 bits per heavy atom. The SMILES string of the molecule is CN(Cc1nnc2ccccn12)c1cccc(F)c1[N+](=O)[O-]. The Morgan fingerprint density at radius 2 is 2.09 bits per heavy atom. The zero-order valence-electron chi connectivity index (χ0n) is 11.7. The number of rotatable bonds is 4. The number of aromatic nitrogens is 3. The lowest BCUT2D eigenvalue weighted by Crippen LogP contribution is -2.20. The Hall–Kier alpha value is -3.03. The fourth-order valence-electron chi connectivity index (χ4n) is 2.29. The van der Waals surface area contributed by atoms with Crippen molar-refractivity contribution in [2.75, 3.05) is 11.9 Å². The highest BCUT2D eigenvalue weighted by atomic mass is 19.1. The lowest BCUT2D eigenvalue weighted by atomic mass is 10.2. The van der Waals surface area contributed by atoms with E-state index in [1.165, 1.54) is 12.1 Å². The minimum absolute atomic E-state index is 0.192. The number of hydrogen-bond donors (Lipinski definition) is 0. The van der Waals surface area contributed by atoms with E-state index in [1.807, 2.05) is 12.1 Å². The normalized spacial score (nSPS) is 10.8. The first-order valence-corrected chi connectivity index (χ1v) is 6.50. The molecule has 0 N–H and O–H groups in total. The molecule has 0 amide bonds. The number of pyridine rings is 1. The maximum atomic E-state index is 13.7. The summed E-state index contributed by atoms with van der Waals surface area (Å²) in [6.45, 7) is 0.259. The first kappa shape index (κ1) is 13.9. The zero-order chi connectivity index (χ0) is 15.7. The predicted octanol–water partition coefficient (Wildman–Crippen LogP) is 2.41. The molecule has 2 aromatic heterocycles. The van der Waals surface area contributed by atoms with Crippen molar-refractivity contribution in [1.29, 1.82) is 0 Å². The molecule has 22 heavy (non-hydrogen) atoms. The summed E-state index contributed by atoms with van der Waals surface area (Å²) in [4.78, 5) is 11.9. The average molecular weight is 301 g/mol. The van der Waals surface area contributed by atoms with Gasteiger partial charge in [-0.25, -0.2) is 0 Å². The van der Waals surface area contributed by atoms with Crippen LogP contribution in [0.3, 0.4) is 0 Å². The Bertz CT molecular complexity index is 848. The molecule has 1 aromatic carbocycles. The van der Waals surface area contributed by atoms with Crippen LogP contribution in [-0.4, -0.2) is 26.6 Å². The smallest absolute Gasteiger partial charge is 0.327 e. The number of hydrogen-bond acceptors (Lipinski definition) is 5. The number of halogens is 1. The maximum absolute atomic E-state index is 13.7. The summed E-state index contributed by atoms with van der Waals surface area (Å²) in [5.74, 6) is -0.253. The summed E-state index contributed by atoms with van der Waals surface area (Å²) in [6, 6.07) is 9.50. The van der Waals surface area contributed by atoms with E-state index in [2.05, 4.69) is 10.2 Å². The van der Waals surface area contributed by atoms with Gasteiger partial charge in [-0.3, -0.25) is 14.5 Å². The van der Waals surface area contributed by atoms with Crippen LogP contribution in [0.2, 0.25) is 0 Å². The van der Waals surface area contributed by atoms with E-state index in [1.54, 1.807) is 28.6 Å². The summed E-state index contributed by atoms with van der Waals surface area (Å²) in [5, 5.41) is 19.2. The molecule has 0 radical (unpaired) electrons. The standard InChI is InChI=1S/C14H12FN5O2/c1-18(11-6-4-5-10(15)14(11)20(21)22)9-13-17-16-12-7-2-3-8-19(12)13/h2-8H,9H2,1H3. The van der Waals surface area contributed by atoms with Crippen molar-refractivity contribution in [3.05, 3.63) is 64.4 Å². The number of fused-ring (bicyclic) bond motifs is 1. The summed E-state index contributed by atoms with van der Waals surface area (Å²) in [5.41, 5.74) is 0.330. The van der Waals surface area contributed by atoms with Gasteiger partial charge in [0.25, 0.3) is 0 Å². The summed E-state index contributed by atoms with van der Waals surface area (Å²) >= 11 is 0. The number of anilines is 1. The molecule has 0 atom stereocenters. The van der Waals surface area contributed by atoms with Gasteiger partial charge in [-0.05, 0) is 24.3 Å². The van der Waals surface area contributed by atoms with Gasteiger partial charge < -0.3 is 4.90 Å². The van der Waals surface area contributed by atoms with Gasteiger partial charge in [-0.1, -0.05) is 12.1 Å². The van der Waals surface area contributed by atoms with Crippen LogP contribution in [0.15, 0.2) is 42.6 Å². The van der Waals surface area contributed by atoms with Gasteiger partial charge in [0.1, 0.15) is 5.69 Å². The third-order valence-electron chi connectivity index (χ3n) is 3.32. The number of nitrogens with zero attached hydrogens (tertiary/aromatic N) is 5. The fourth-order valence-corrected chi connectivity index (χ4v) is 2.29. The highest BCUT2D eigenvalue weighted by Gasteiger charge is 2.23. The van der Waals surface area contributed by atoms with Gasteiger partial charge >= 0.3 is 5.69 Å². The van der Waals surface area contributed by atoms with E-state index in [-0.39, 0.29) is 12.2 Å². The minimum Gasteiger partial charge on any atom is -0.361 e. The van der Waals surface area contributed by atoms with Crippen molar-refractivity contribution in [2.24, 2.45) is 0 Å². The molecule has 0 saturated heterocycles. The lowest BCUT2D eigenvalue weighted by Gasteiger charge is -2.18. The van der Waals surface area contributed by atoms with Crippen LogP contribution >= 0.6 is 0 Å². The Kier molecular flexibility index (Phi) is 3.42.